The van der Waals surface area contributed by atoms with Crippen LogP contribution < -0.4 is 5.73 Å². The van der Waals surface area contributed by atoms with Gasteiger partial charge in [0.25, 0.3) is 0 Å². The van der Waals surface area contributed by atoms with Crippen LogP contribution in [0.25, 0.3) is 0 Å². The van der Waals surface area contributed by atoms with Crippen LogP contribution in [0.5, 0.6) is 0 Å². The minimum atomic E-state index is 0.262. The molecule has 0 aliphatic heterocycles. The smallest absolute Gasteiger partial charge is 0.0732 e. The Morgan fingerprint density at radius 1 is 1.33 bits per heavy atom. The molecule has 0 aliphatic rings. The molecule has 2 nitrogen and oxygen atoms in total. The highest BCUT2D eigenvalue weighted by Crippen LogP contribution is 2.24. The molecule has 2 N–H and O–H groups in total. The van der Waals surface area contributed by atoms with E-state index in [1.165, 1.54) is 0 Å². The fourth-order valence-electron chi connectivity index (χ4n) is 1.12. The first-order chi connectivity index (χ1) is 7.02. The molecular weight excluding hydrogens is 254 g/mol. The number of hydrogen-bond acceptors (Lipinski definition) is 2. The van der Waals surface area contributed by atoms with Crippen molar-refractivity contribution >= 4 is 21.6 Å². The molecule has 0 saturated heterocycles. The predicted octanol–water partition coefficient (Wildman–Crippen LogP) is 3.59. The van der Waals surface area contributed by atoms with Gasteiger partial charge in [-0.2, -0.15) is 0 Å². The largest absolute Gasteiger partial charge is 0.398 e. The quantitative estimate of drug-likeness (QED) is 0.850. The Kier molecular flexibility index (Phi) is 4.61. The molecule has 0 spiro atoms. The lowest BCUT2D eigenvalue weighted by molar-refractivity contribution is 0.0232. The van der Waals surface area contributed by atoms with Gasteiger partial charge in [-0.3, -0.25) is 0 Å². The lowest BCUT2D eigenvalue weighted by Gasteiger charge is -2.17. The van der Waals surface area contributed by atoms with Gasteiger partial charge in [-0.05, 0) is 40.4 Å². The van der Waals surface area contributed by atoms with Gasteiger partial charge >= 0.3 is 0 Å². The van der Waals surface area contributed by atoms with Crippen LogP contribution in [0, 0.1) is 5.92 Å². The minimum absolute atomic E-state index is 0.262. The van der Waals surface area contributed by atoms with Crippen molar-refractivity contribution in [2.45, 2.75) is 33.5 Å². The molecule has 0 amide bonds. The average molecular weight is 272 g/mol. The first-order valence-electron chi connectivity index (χ1n) is 5.16. The standard InChI is InChI=1S/C12H18BrNO/c1-8(2)9(3)15-7-10-5-4-6-11(14)12(10)13/h4-6,8-9H,7,14H2,1-3H3. The van der Waals surface area contributed by atoms with E-state index in [1.807, 2.05) is 18.2 Å². The number of benzene rings is 1. The monoisotopic (exact) mass is 271 g/mol. The fourth-order valence-corrected chi connectivity index (χ4v) is 1.50. The van der Waals surface area contributed by atoms with Gasteiger partial charge < -0.3 is 10.5 Å². The van der Waals surface area contributed by atoms with Crippen molar-refractivity contribution in [3.63, 3.8) is 0 Å². The van der Waals surface area contributed by atoms with Gasteiger partial charge in [0, 0.05) is 10.2 Å². The van der Waals surface area contributed by atoms with Crippen molar-refractivity contribution in [1.82, 2.24) is 0 Å². The molecule has 1 rings (SSSR count). The summed E-state index contributed by atoms with van der Waals surface area (Å²) in [6, 6.07) is 5.84. The van der Waals surface area contributed by atoms with Crippen LogP contribution in [0.2, 0.25) is 0 Å². The second kappa shape index (κ2) is 5.52. The van der Waals surface area contributed by atoms with Crippen LogP contribution in [-0.4, -0.2) is 6.10 Å². The second-order valence-electron chi connectivity index (χ2n) is 4.08. The van der Waals surface area contributed by atoms with E-state index in [4.69, 9.17) is 10.5 Å². The van der Waals surface area contributed by atoms with Gasteiger partial charge in [-0.25, -0.2) is 0 Å². The highest BCUT2D eigenvalue weighted by molar-refractivity contribution is 9.10. The molecule has 0 fully saturated rings. The molecule has 1 unspecified atom stereocenters. The van der Waals surface area contributed by atoms with E-state index in [2.05, 4.69) is 36.7 Å². The first kappa shape index (κ1) is 12.5. The van der Waals surface area contributed by atoms with E-state index in [1.54, 1.807) is 0 Å². The molecule has 1 aromatic rings. The van der Waals surface area contributed by atoms with Gasteiger partial charge in [0.05, 0.1) is 12.7 Å². The average Bonchev–Trinajstić information content (AvgIpc) is 2.19. The molecule has 0 heterocycles. The Morgan fingerprint density at radius 3 is 2.60 bits per heavy atom. The van der Waals surface area contributed by atoms with Gasteiger partial charge in [0.1, 0.15) is 0 Å². The van der Waals surface area contributed by atoms with Crippen LogP contribution in [0.1, 0.15) is 26.3 Å². The Balaban J connectivity index is 2.62. The molecule has 1 aromatic carbocycles. The highest BCUT2D eigenvalue weighted by atomic mass is 79.9. The number of anilines is 1. The fraction of sp³-hybridized carbons (Fsp3) is 0.500. The lowest BCUT2D eigenvalue weighted by atomic mass is 10.1. The zero-order chi connectivity index (χ0) is 11.4. The topological polar surface area (TPSA) is 35.2 Å². The summed E-state index contributed by atoms with van der Waals surface area (Å²) >= 11 is 3.46. The molecule has 0 aromatic heterocycles. The van der Waals surface area contributed by atoms with Crippen molar-refractivity contribution in [2.75, 3.05) is 5.73 Å². The van der Waals surface area contributed by atoms with Crippen LogP contribution in [0.3, 0.4) is 0 Å². The summed E-state index contributed by atoms with van der Waals surface area (Å²) in [5.74, 6) is 0.532. The van der Waals surface area contributed by atoms with Crippen molar-refractivity contribution in [3.05, 3.63) is 28.2 Å². The summed E-state index contributed by atoms with van der Waals surface area (Å²) < 4.78 is 6.69. The number of ether oxygens (including phenoxy) is 1. The van der Waals surface area contributed by atoms with E-state index >= 15 is 0 Å². The second-order valence-corrected chi connectivity index (χ2v) is 4.87. The van der Waals surface area contributed by atoms with E-state index in [9.17, 15) is 0 Å². The van der Waals surface area contributed by atoms with E-state index < -0.39 is 0 Å². The van der Waals surface area contributed by atoms with Crippen LogP contribution in [0.15, 0.2) is 22.7 Å². The zero-order valence-corrected chi connectivity index (χ0v) is 11.0. The van der Waals surface area contributed by atoms with Gasteiger partial charge in [0.2, 0.25) is 0 Å². The maximum absolute atomic E-state index is 5.78. The third kappa shape index (κ3) is 3.50. The number of rotatable bonds is 4. The first-order valence-corrected chi connectivity index (χ1v) is 5.96. The molecule has 3 heteroatoms. The lowest BCUT2D eigenvalue weighted by Crippen LogP contribution is -2.15. The third-order valence-electron chi connectivity index (χ3n) is 2.55. The Morgan fingerprint density at radius 2 is 2.00 bits per heavy atom. The molecule has 1 atom stereocenters. The summed E-state index contributed by atoms with van der Waals surface area (Å²) in [6.07, 6.45) is 0.262. The zero-order valence-electron chi connectivity index (χ0n) is 9.46. The Hall–Kier alpha value is -0.540. The highest BCUT2D eigenvalue weighted by Gasteiger charge is 2.09. The van der Waals surface area contributed by atoms with E-state index in [0.717, 1.165) is 15.7 Å². The van der Waals surface area contributed by atoms with Gasteiger partial charge in [-0.1, -0.05) is 26.0 Å². The summed E-state index contributed by atoms with van der Waals surface area (Å²) in [4.78, 5) is 0. The Labute approximate surface area is 99.9 Å². The van der Waals surface area contributed by atoms with Crippen LogP contribution in [0.4, 0.5) is 5.69 Å². The molecule has 84 valence electrons. The molecule has 0 radical (unpaired) electrons. The minimum Gasteiger partial charge on any atom is -0.398 e. The van der Waals surface area contributed by atoms with Crippen molar-refractivity contribution in [2.24, 2.45) is 5.92 Å². The summed E-state index contributed by atoms with van der Waals surface area (Å²) in [6.45, 7) is 6.99. The SMILES string of the molecule is CC(C)C(C)OCc1cccc(N)c1Br. The van der Waals surface area contributed by atoms with Crippen molar-refractivity contribution in [1.29, 1.82) is 0 Å². The Bertz CT molecular complexity index is 325. The summed E-state index contributed by atoms with van der Waals surface area (Å²) in [5, 5.41) is 0. The van der Waals surface area contributed by atoms with Crippen molar-refractivity contribution in [3.8, 4) is 0 Å². The predicted molar refractivity (Wildman–Crippen MR) is 67.6 cm³/mol. The van der Waals surface area contributed by atoms with Crippen LogP contribution >= 0.6 is 15.9 Å². The summed E-state index contributed by atoms with van der Waals surface area (Å²) in [5.41, 5.74) is 7.64. The third-order valence-corrected chi connectivity index (χ3v) is 3.52. The molecule has 0 bridgehead atoms. The summed E-state index contributed by atoms with van der Waals surface area (Å²) in [7, 11) is 0. The molecular formula is C12H18BrNO. The number of nitrogen functional groups attached to an aromatic ring is 1. The van der Waals surface area contributed by atoms with Crippen LogP contribution in [-0.2, 0) is 11.3 Å². The van der Waals surface area contributed by atoms with Crippen molar-refractivity contribution < 1.29 is 4.74 Å². The molecule has 0 aliphatic carbocycles. The van der Waals surface area contributed by atoms with E-state index in [-0.39, 0.29) is 6.10 Å². The maximum Gasteiger partial charge on any atom is 0.0732 e. The number of hydrogen-bond donors (Lipinski definition) is 1. The number of nitrogens with two attached hydrogens (primary N) is 1. The number of halogens is 1. The normalized spacial score (nSPS) is 13.1. The van der Waals surface area contributed by atoms with E-state index in [0.29, 0.717) is 12.5 Å². The van der Waals surface area contributed by atoms with Gasteiger partial charge in [-0.15, -0.1) is 0 Å². The maximum atomic E-state index is 5.78. The molecule has 0 saturated carbocycles. The van der Waals surface area contributed by atoms with Gasteiger partial charge in [0.15, 0.2) is 0 Å². The molecule has 15 heavy (non-hydrogen) atoms.